The van der Waals surface area contributed by atoms with Gasteiger partial charge in [0.15, 0.2) is 0 Å². The second kappa shape index (κ2) is 8.46. The van der Waals surface area contributed by atoms with Crippen LogP contribution in [0.25, 0.3) is 0 Å². The number of hydrogen-bond acceptors (Lipinski definition) is 4. The maximum absolute atomic E-state index is 10.2. The molecule has 0 radical (unpaired) electrons. The first-order chi connectivity index (χ1) is 6.36. The minimum atomic E-state index is -0.968. The van der Waals surface area contributed by atoms with Crippen molar-refractivity contribution in [2.45, 2.75) is 26.3 Å². The zero-order valence-corrected chi connectivity index (χ0v) is 8.43. The predicted octanol–water partition coefficient (Wildman–Crippen LogP) is -0.526. The molecule has 0 aromatic rings. The van der Waals surface area contributed by atoms with Crippen molar-refractivity contribution in [3.05, 3.63) is 0 Å². The largest absolute Gasteiger partial charge is 0.480 e. The molecule has 0 heterocycles. The van der Waals surface area contributed by atoms with Gasteiger partial charge in [-0.3, -0.25) is 9.59 Å². The third-order valence-corrected chi connectivity index (χ3v) is 1.72. The fourth-order valence-electron chi connectivity index (χ4n) is 0.497. The molecule has 0 rings (SSSR count). The van der Waals surface area contributed by atoms with Crippen LogP contribution in [0.5, 0.6) is 0 Å². The van der Waals surface area contributed by atoms with Gasteiger partial charge in [0, 0.05) is 0 Å². The molecule has 0 fully saturated rings. The highest BCUT2D eigenvalue weighted by molar-refractivity contribution is 5.73. The van der Waals surface area contributed by atoms with Crippen LogP contribution in [0.2, 0.25) is 0 Å². The fraction of sp³-hybridized carbons (Fsp3) is 0.750. The van der Waals surface area contributed by atoms with E-state index >= 15 is 0 Å². The van der Waals surface area contributed by atoms with Crippen molar-refractivity contribution in [1.29, 1.82) is 0 Å². The standard InChI is InChI=1S/C6H13NO2.C2H5NO2/c1-3-4(2)5(7)6(8)9;3-1-2(4)5/h4-5H,3,7H2,1-2H3,(H,8,9);1,3H2,(H,4,5)/t4-,5-;/m1./s1. The molecule has 6 heteroatoms. The number of rotatable bonds is 4. The summed E-state index contributed by atoms with van der Waals surface area (Å²) in [6, 6.07) is -0.699. The van der Waals surface area contributed by atoms with Gasteiger partial charge < -0.3 is 21.7 Å². The smallest absolute Gasteiger partial charge is 0.320 e. The Kier molecular flexibility index (Phi) is 9.27. The number of carboxylic acids is 2. The monoisotopic (exact) mass is 206 g/mol. The molecule has 0 saturated carbocycles. The number of aliphatic carboxylic acids is 2. The summed E-state index contributed by atoms with van der Waals surface area (Å²) in [5.74, 6) is -1.81. The van der Waals surface area contributed by atoms with Crippen LogP contribution in [-0.4, -0.2) is 34.7 Å². The normalized spacial score (nSPS) is 13.4. The Balaban J connectivity index is 0. The van der Waals surface area contributed by atoms with E-state index in [2.05, 4.69) is 5.73 Å². The first-order valence-electron chi connectivity index (χ1n) is 4.27. The lowest BCUT2D eigenvalue weighted by atomic mass is 10.0. The molecule has 84 valence electrons. The van der Waals surface area contributed by atoms with Gasteiger partial charge in [0.2, 0.25) is 0 Å². The fourth-order valence-corrected chi connectivity index (χ4v) is 0.497. The third kappa shape index (κ3) is 8.95. The second-order valence-electron chi connectivity index (χ2n) is 2.85. The summed E-state index contributed by atoms with van der Waals surface area (Å²) in [5.41, 5.74) is 9.84. The number of nitrogens with two attached hydrogens (primary N) is 2. The molecule has 0 bridgehead atoms. The van der Waals surface area contributed by atoms with E-state index in [1.54, 1.807) is 0 Å². The third-order valence-electron chi connectivity index (χ3n) is 1.72. The van der Waals surface area contributed by atoms with Crippen LogP contribution in [-0.2, 0) is 9.59 Å². The minimum absolute atomic E-state index is 0.0718. The first-order valence-corrected chi connectivity index (χ1v) is 4.27. The summed E-state index contributed by atoms with van der Waals surface area (Å²) in [6.07, 6.45) is 0.813. The summed E-state index contributed by atoms with van der Waals surface area (Å²) in [5, 5.41) is 16.0. The van der Waals surface area contributed by atoms with Gasteiger partial charge in [-0.25, -0.2) is 0 Å². The quantitative estimate of drug-likeness (QED) is 0.490. The summed E-state index contributed by atoms with van der Waals surface area (Å²) in [6.45, 7) is 3.48. The van der Waals surface area contributed by atoms with Gasteiger partial charge in [-0.05, 0) is 5.92 Å². The van der Waals surface area contributed by atoms with Crippen LogP contribution in [0.15, 0.2) is 0 Å². The van der Waals surface area contributed by atoms with Crippen molar-refractivity contribution in [1.82, 2.24) is 0 Å². The highest BCUT2D eigenvalue weighted by Crippen LogP contribution is 2.04. The van der Waals surface area contributed by atoms with E-state index in [1.807, 2.05) is 13.8 Å². The molecular formula is C8H18N2O4. The lowest BCUT2D eigenvalue weighted by molar-refractivity contribution is -0.139. The van der Waals surface area contributed by atoms with Crippen LogP contribution < -0.4 is 11.5 Å². The Morgan fingerprint density at radius 2 is 1.71 bits per heavy atom. The minimum Gasteiger partial charge on any atom is -0.480 e. The lowest BCUT2D eigenvalue weighted by Gasteiger charge is -2.11. The highest BCUT2D eigenvalue weighted by Gasteiger charge is 2.17. The molecular weight excluding hydrogens is 188 g/mol. The van der Waals surface area contributed by atoms with Gasteiger partial charge >= 0.3 is 11.9 Å². The molecule has 0 saturated heterocycles. The summed E-state index contributed by atoms with van der Waals surface area (Å²) < 4.78 is 0. The maximum atomic E-state index is 10.2. The van der Waals surface area contributed by atoms with Gasteiger partial charge in [0.05, 0.1) is 6.54 Å². The molecule has 6 nitrogen and oxygen atoms in total. The predicted molar refractivity (Wildman–Crippen MR) is 51.8 cm³/mol. The van der Waals surface area contributed by atoms with Crippen LogP contribution in [0.3, 0.4) is 0 Å². The van der Waals surface area contributed by atoms with E-state index in [1.165, 1.54) is 0 Å². The van der Waals surface area contributed by atoms with Crippen molar-refractivity contribution < 1.29 is 19.8 Å². The zero-order valence-electron chi connectivity index (χ0n) is 8.43. The molecule has 14 heavy (non-hydrogen) atoms. The zero-order chi connectivity index (χ0) is 11.7. The van der Waals surface area contributed by atoms with Crippen molar-refractivity contribution in [2.75, 3.05) is 6.54 Å². The molecule has 0 aromatic heterocycles. The molecule has 0 aliphatic rings. The van der Waals surface area contributed by atoms with E-state index in [0.29, 0.717) is 0 Å². The number of carboxylic acid groups (broad SMARTS) is 2. The maximum Gasteiger partial charge on any atom is 0.320 e. The lowest BCUT2D eigenvalue weighted by Crippen LogP contribution is -2.36. The van der Waals surface area contributed by atoms with Crippen LogP contribution in [0, 0.1) is 5.92 Å². The topological polar surface area (TPSA) is 127 Å². The van der Waals surface area contributed by atoms with Crippen LogP contribution in [0.4, 0.5) is 0 Å². The van der Waals surface area contributed by atoms with Gasteiger partial charge in [-0.1, -0.05) is 20.3 Å². The van der Waals surface area contributed by atoms with E-state index < -0.39 is 18.0 Å². The van der Waals surface area contributed by atoms with E-state index in [-0.39, 0.29) is 12.5 Å². The molecule has 0 aliphatic carbocycles. The Bertz CT molecular complexity index is 184. The molecule has 0 amide bonds. The second-order valence-corrected chi connectivity index (χ2v) is 2.85. The van der Waals surface area contributed by atoms with Crippen molar-refractivity contribution >= 4 is 11.9 Å². The Morgan fingerprint density at radius 3 is 1.79 bits per heavy atom. The molecule has 0 unspecified atom stereocenters. The van der Waals surface area contributed by atoms with E-state index in [9.17, 15) is 9.59 Å². The van der Waals surface area contributed by atoms with Gasteiger partial charge in [-0.2, -0.15) is 0 Å². The molecule has 0 aromatic carbocycles. The summed E-state index contributed by atoms with van der Waals surface area (Å²) >= 11 is 0. The number of hydrogen-bond donors (Lipinski definition) is 4. The molecule has 0 spiro atoms. The molecule has 0 aliphatic heterocycles. The van der Waals surface area contributed by atoms with Crippen molar-refractivity contribution in [2.24, 2.45) is 17.4 Å². The van der Waals surface area contributed by atoms with Gasteiger partial charge in [-0.15, -0.1) is 0 Å². The Labute approximate surface area is 82.9 Å². The van der Waals surface area contributed by atoms with E-state index in [4.69, 9.17) is 15.9 Å². The van der Waals surface area contributed by atoms with Crippen molar-refractivity contribution in [3.8, 4) is 0 Å². The van der Waals surface area contributed by atoms with Crippen molar-refractivity contribution in [3.63, 3.8) is 0 Å². The first kappa shape index (κ1) is 15.3. The summed E-state index contributed by atoms with van der Waals surface area (Å²) in [7, 11) is 0. The average molecular weight is 206 g/mol. The molecule has 6 N–H and O–H groups in total. The Morgan fingerprint density at radius 1 is 1.36 bits per heavy atom. The molecule has 2 atom stereocenters. The van der Waals surface area contributed by atoms with Crippen LogP contribution >= 0.6 is 0 Å². The number of carbonyl (C=O) groups is 2. The summed E-state index contributed by atoms with van der Waals surface area (Å²) in [4.78, 5) is 19.4. The Hall–Kier alpha value is -1.14. The van der Waals surface area contributed by atoms with E-state index in [0.717, 1.165) is 6.42 Å². The average Bonchev–Trinajstić information content (AvgIpc) is 2.16. The SMILES string of the molecule is CC[C@@H](C)[C@@H](N)C(=O)O.NCC(=O)O. The van der Waals surface area contributed by atoms with Gasteiger partial charge in [0.25, 0.3) is 0 Å². The highest BCUT2D eigenvalue weighted by atomic mass is 16.4. The van der Waals surface area contributed by atoms with Gasteiger partial charge in [0.1, 0.15) is 6.04 Å². The van der Waals surface area contributed by atoms with Crippen LogP contribution in [0.1, 0.15) is 20.3 Å².